The maximum absolute atomic E-state index is 6.02. The molecule has 25 heavy (non-hydrogen) atoms. The molecule has 1 saturated carbocycles. The molecule has 1 saturated heterocycles. The summed E-state index contributed by atoms with van der Waals surface area (Å²) >= 11 is 0. The van der Waals surface area contributed by atoms with Gasteiger partial charge in [-0.25, -0.2) is 0 Å². The zero-order valence-corrected chi connectivity index (χ0v) is 15.9. The van der Waals surface area contributed by atoms with Crippen LogP contribution in [0.15, 0.2) is 24.3 Å². The summed E-state index contributed by atoms with van der Waals surface area (Å²) in [5.74, 6) is 1.81. The summed E-state index contributed by atoms with van der Waals surface area (Å²) in [5.41, 5.74) is 1.43. The molecule has 1 aromatic carbocycles. The smallest absolute Gasteiger partial charge is 0.119 e. The van der Waals surface area contributed by atoms with Gasteiger partial charge < -0.3 is 9.47 Å². The van der Waals surface area contributed by atoms with Crippen molar-refractivity contribution in [2.24, 2.45) is 5.92 Å². The lowest BCUT2D eigenvalue weighted by molar-refractivity contribution is 0.0140. The highest BCUT2D eigenvalue weighted by Gasteiger charge is 2.19. The summed E-state index contributed by atoms with van der Waals surface area (Å²) < 4.78 is 11.5. The molecular formula is C22H35NO2. The fourth-order valence-electron chi connectivity index (χ4n) is 4.24. The standard InChI is InChI=1S/C22H35NO2/c1-2-21(23-14-16-24-17-15-23)11-8-19-9-12-22(13-10-19)25-18-20-6-4-3-5-7-20/h9-10,12-13,20-21H,2-8,11,14-18H2,1H3. The molecule has 0 radical (unpaired) electrons. The number of morpholine rings is 1. The van der Waals surface area contributed by atoms with Crippen LogP contribution >= 0.6 is 0 Å². The number of aryl methyl sites for hydroxylation is 1. The molecule has 0 aromatic heterocycles. The molecule has 0 N–H and O–H groups in total. The Hall–Kier alpha value is -1.06. The minimum absolute atomic E-state index is 0.686. The average Bonchev–Trinajstić information content (AvgIpc) is 2.69. The molecule has 3 rings (SSSR count). The number of hydrogen-bond acceptors (Lipinski definition) is 3. The summed E-state index contributed by atoms with van der Waals surface area (Å²) in [6, 6.07) is 9.51. The van der Waals surface area contributed by atoms with Gasteiger partial charge in [0.25, 0.3) is 0 Å². The molecule has 3 nitrogen and oxygen atoms in total. The lowest BCUT2D eigenvalue weighted by Gasteiger charge is -2.34. The Morgan fingerprint density at radius 2 is 1.80 bits per heavy atom. The normalized spacial score (nSPS) is 21.2. The molecule has 0 amide bonds. The molecule has 1 aliphatic heterocycles. The highest BCUT2D eigenvalue weighted by Crippen LogP contribution is 2.25. The van der Waals surface area contributed by atoms with Crippen molar-refractivity contribution in [3.63, 3.8) is 0 Å². The molecule has 1 unspecified atom stereocenters. The molecule has 0 bridgehead atoms. The van der Waals surface area contributed by atoms with E-state index in [2.05, 4.69) is 36.1 Å². The van der Waals surface area contributed by atoms with E-state index in [1.54, 1.807) is 0 Å². The SMILES string of the molecule is CCC(CCc1ccc(OCC2CCCCC2)cc1)N1CCOCC1. The molecule has 3 heteroatoms. The third kappa shape index (κ3) is 6.00. The van der Waals surface area contributed by atoms with E-state index >= 15 is 0 Å². The molecule has 1 aromatic rings. The van der Waals surface area contributed by atoms with Gasteiger partial charge in [0.05, 0.1) is 19.8 Å². The molecular weight excluding hydrogens is 310 g/mol. The molecule has 2 aliphatic rings. The number of nitrogens with zero attached hydrogens (tertiary/aromatic N) is 1. The predicted octanol–water partition coefficient (Wildman–Crippen LogP) is 4.69. The second-order valence-electron chi connectivity index (χ2n) is 7.71. The van der Waals surface area contributed by atoms with Crippen molar-refractivity contribution in [1.29, 1.82) is 0 Å². The van der Waals surface area contributed by atoms with Crippen LogP contribution in [0.1, 0.15) is 57.4 Å². The van der Waals surface area contributed by atoms with E-state index in [9.17, 15) is 0 Å². The van der Waals surface area contributed by atoms with Gasteiger partial charge in [0.1, 0.15) is 5.75 Å². The number of rotatable bonds is 8. The molecule has 0 spiro atoms. The van der Waals surface area contributed by atoms with Crippen LogP contribution in [0.5, 0.6) is 5.75 Å². The largest absolute Gasteiger partial charge is 0.493 e. The number of ether oxygens (including phenoxy) is 2. The monoisotopic (exact) mass is 345 g/mol. The average molecular weight is 346 g/mol. The second kappa shape index (κ2) is 10.2. The summed E-state index contributed by atoms with van der Waals surface area (Å²) in [5, 5.41) is 0. The zero-order valence-electron chi connectivity index (χ0n) is 15.9. The molecule has 1 heterocycles. The Kier molecular flexibility index (Phi) is 7.62. The molecule has 1 atom stereocenters. The van der Waals surface area contributed by atoms with Crippen LogP contribution in [-0.2, 0) is 11.2 Å². The van der Waals surface area contributed by atoms with Crippen LogP contribution in [-0.4, -0.2) is 43.9 Å². The van der Waals surface area contributed by atoms with E-state index in [-0.39, 0.29) is 0 Å². The van der Waals surface area contributed by atoms with Gasteiger partial charge in [-0.05, 0) is 55.7 Å². The van der Waals surface area contributed by atoms with Gasteiger partial charge in [-0.2, -0.15) is 0 Å². The quantitative estimate of drug-likeness (QED) is 0.682. The lowest BCUT2D eigenvalue weighted by Crippen LogP contribution is -2.43. The van der Waals surface area contributed by atoms with Gasteiger partial charge in [0.15, 0.2) is 0 Å². The van der Waals surface area contributed by atoms with Gasteiger partial charge in [-0.3, -0.25) is 4.90 Å². The third-order valence-corrected chi connectivity index (χ3v) is 5.93. The Morgan fingerprint density at radius 3 is 2.48 bits per heavy atom. The highest BCUT2D eigenvalue weighted by atomic mass is 16.5. The van der Waals surface area contributed by atoms with Crippen LogP contribution in [0.25, 0.3) is 0 Å². The Bertz CT molecular complexity index is 475. The summed E-state index contributed by atoms with van der Waals surface area (Å²) in [4.78, 5) is 2.60. The summed E-state index contributed by atoms with van der Waals surface area (Å²) in [6.45, 7) is 7.17. The highest BCUT2D eigenvalue weighted by molar-refractivity contribution is 5.27. The Balaban J connectivity index is 1.41. The van der Waals surface area contributed by atoms with Gasteiger partial charge in [-0.15, -0.1) is 0 Å². The molecule has 140 valence electrons. The fraction of sp³-hybridized carbons (Fsp3) is 0.727. The van der Waals surface area contributed by atoms with Crippen molar-refractivity contribution in [2.75, 3.05) is 32.9 Å². The summed E-state index contributed by atoms with van der Waals surface area (Å²) in [7, 11) is 0. The number of hydrogen-bond donors (Lipinski definition) is 0. The Labute approximate surface area is 153 Å². The molecule has 2 fully saturated rings. The van der Waals surface area contributed by atoms with Crippen molar-refractivity contribution in [1.82, 2.24) is 4.90 Å². The van der Waals surface area contributed by atoms with E-state index in [4.69, 9.17) is 9.47 Å². The molecule has 1 aliphatic carbocycles. The maximum Gasteiger partial charge on any atom is 0.119 e. The Morgan fingerprint density at radius 1 is 1.08 bits per heavy atom. The third-order valence-electron chi connectivity index (χ3n) is 5.93. The minimum Gasteiger partial charge on any atom is -0.493 e. The zero-order chi connectivity index (χ0) is 17.3. The number of benzene rings is 1. The van der Waals surface area contributed by atoms with Gasteiger partial charge >= 0.3 is 0 Å². The maximum atomic E-state index is 6.02. The van der Waals surface area contributed by atoms with E-state index in [0.717, 1.165) is 51.0 Å². The first kappa shape index (κ1) is 18.7. The van der Waals surface area contributed by atoms with Crippen LogP contribution in [0.4, 0.5) is 0 Å². The van der Waals surface area contributed by atoms with Gasteiger partial charge in [0.2, 0.25) is 0 Å². The van der Waals surface area contributed by atoms with Gasteiger partial charge in [-0.1, -0.05) is 38.3 Å². The first-order valence-electron chi connectivity index (χ1n) is 10.4. The van der Waals surface area contributed by atoms with Crippen LogP contribution in [0.3, 0.4) is 0 Å². The summed E-state index contributed by atoms with van der Waals surface area (Å²) in [6.07, 6.45) is 10.5. The predicted molar refractivity (Wildman–Crippen MR) is 103 cm³/mol. The van der Waals surface area contributed by atoms with Crippen molar-refractivity contribution < 1.29 is 9.47 Å². The van der Waals surface area contributed by atoms with Crippen molar-refractivity contribution in [2.45, 2.75) is 64.3 Å². The fourth-order valence-corrected chi connectivity index (χ4v) is 4.24. The van der Waals surface area contributed by atoms with Gasteiger partial charge in [0, 0.05) is 19.1 Å². The minimum atomic E-state index is 0.686. The van der Waals surface area contributed by atoms with Crippen molar-refractivity contribution in [3.8, 4) is 5.75 Å². The van der Waals surface area contributed by atoms with E-state index in [1.807, 2.05) is 0 Å². The first-order chi connectivity index (χ1) is 12.3. The van der Waals surface area contributed by atoms with E-state index < -0.39 is 0 Å². The van der Waals surface area contributed by atoms with Crippen LogP contribution in [0, 0.1) is 5.92 Å². The van der Waals surface area contributed by atoms with E-state index in [1.165, 1.54) is 50.5 Å². The first-order valence-corrected chi connectivity index (χ1v) is 10.4. The van der Waals surface area contributed by atoms with Crippen molar-refractivity contribution in [3.05, 3.63) is 29.8 Å². The van der Waals surface area contributed by atoms with Crippen molar-refractivity contribution >= 4 is 0 Å². The van der Waals surface area contributed by atoms with Crippen LogP contribution in [0.2, 0.25) is 0 Å². The second-order valence-corrected chi connectivity index (χ2v) is 7.71. The van der Waals surface area contributed by atoms with Crippen LogP contribution < -0.4 is 4.74 Å². The van der Waals surface area contributed by atoms with E-state index in [0.29, 0.717) is 6.04 Å². The lowest BCUT2D eigenvalue weighted by atomic mass is 9.90. The topological polar surface area (TPSA) is 21.7 Å².